The fraction of sp³-hybridized carbons (Fsp3) is 0.636. The average molecular weight is 195 g/mol. The van der Waals surface area contributed by atoms with Gasteiger partial charge in [0.25, 0.3) is 0 Å². The Morgan fingerprint density at radius 1 is 1.46 bits per heavy atom. The smallest absolute Gasteiger partial charge is 0.0213 e. The van der Waals surface area contributed by atoms with E-state index in [4.69, 9.17) is 0 Å². The van der Waals surface area contributed by atoms with Crippen LogP contribution in [0.25, 0.3) is 0 Å². The van der Waals surface area contributed by atoms with Crippen molar-refractivity contribution < 1.29 is 0 Å². The van der Waals surface area contributed by atoms with Crippen LogP contribution in [0.1, 0.15) is 31.2 Å². The Morgan fingerprint density at radius 3 is 3.00 bits per heavy atom. The van der Waals surface area contributed by atoms with Crippen LogP contribution in [0.2, 0.25) is 0 Å². The first kappa shape index (κ1) is 9.22. The lowest BCUT2D eigenvalue weighted by Gasteiger charge is -2.25. The molecule has 0 bridgehead atoms. The maximum Gasteiger partial charge on any atom is 0.0213 e. The summed E-state index contributed by atoms with van der Waals surface area (Å²) in [4.78, 5) is 0. The summed E-state index contributed by atoms with van der Waals surface area (Å²) in [6.07, 6.45) is 5.79. The summed E-state index contributed by atoms with van der Waals surface area (Å²) >= 11 is 1.78. The minimum atomic E-state index is 1.04. The molecule has 1 aliphatic carbocycles. The summed E-state index contributed by atoms with van der Waals surface area (Å²) in [5.41, 5.74) is 1.43. The van der Waals surface area contributed by atoms with Crippen LogP contribution in [0.5, 0.6) is 0 Å². The minimum Gasteiger partial charge on any atom is -0.313 e. The first-order chi connectivity index (χ1) is 6.45. The topological polar surface area (TPSA) is 12.0 Å². The molecule has 13 heavy (non-hydrogen) atoms. The van der Waals surface area contributed by atoms with Crippen molar-refractivity contribution in [1.29, 1.82) is 0 Å². The van der Waals surface area contributed by atoms with Gasteiger partial charge in [-0.1, -0.05) is 19.3 Å². The van der Waals surface area contributed by atoms with Gasteiger partial charge in [-0.2, -0.15) is 11.3 Å². The van der Waals surface area contributed by atoms with Gasteiger partial charge in [0.05, 0.1) is 0 Å². The van der Waals surface area contributed by atoms with Crippen molar-refractivity contribution >= 4 is 11.3 Å². The van der Waals surface area contributed by atoms with Crippen molar-refractivity contribution in [2.24, 2.45) is 5.92 Å². The number of hydrogen-bond donors (Lipinski definition) is 1. The van der Waals surface area contributed by atoms with Crippen molar-refractivity contribution in [2.45, 2.75) is 32.2 Å². The Kier molecular flexibility index (Phi) is 3.39. The molecular weight excluding hydrogens is 178 g/mol. The standard InChI is InChI=1S/C11H17NS/c1-2-10(3-1)4-6-12-8-11-5-7-13-9-11/h5,7,9-10,12H,1-4,6,8H2. The van der Waals surface area contributed by atoms with Gasteiger partial charge < -0.3 is 5.32 Å². The van der Waals surface area contributed by atoms with Crippen LogP contribution >= 0.6 is 11.3 Å². The molecule has 1 fully saturated rings. The number of hydrogen-bond acceptors (Lipinski definition) is 2. The van der Waals surface area contributed by atoms with E-state index in [0.29, 0.717) is 0 Å². The van der Waals surface area contributed by atoms with Crippen LogP contribution in [0.4, 0.5) is 0 Å². The lowest BCUT2D eigenvalue weighted by Crippen LogP contribution is -2.20. The van der Waals surface area contributed by atoms with E-state index in [9.17, 15) is 0 Å². The van der Waals surface area contributed by atoms with E-state index < -0.39 is 0 Å². The van der Waals surface area contributed by atoms with E-state index in [1.165, 1.54) is 37.8 Å². The van der Waals surface area contributed by atoms with Gasteiger partial charge in [-0.05, 0) is 41.3 Å². The van der Waals surface area contributed by atoms with E-state index in [2.05, 4.69) is 22.1 Å². The SMILES string of the molecule is c1cc(CNCCC2CCC2)cs1. The van der Waals surface area contributed by atoms with Crippen LogP contribution < -0.4 is 5.32 Å². The molecule has 1 aromatic rings. The molecule has 2 heteroatoms. The highest BCUT2D eigenvalue weighted by Gasteiger charge is 2.15. The van der Waals surface area contributed by atoms with Crippen molar-refractivity contribution in [3.8, 4) is 0 Å². The molecule has 1 aromatic heterocycles. The van der Waals surface area contributed by atoms with Gasteiger partial charge in [0.1, 0.15) is 0 Å². The summed E-state index contributed by atoms with van der Waals surface area (Å²) in [6, 6.07) is 2.20. The molecule has 1 N–H and O–H groups in total. The number of rotatable bonds is 5. The van der Waals surface area contributed by atoms with Crippen LogP contribution in [0.3, 0.4) is 0 Å². The van der Waals surface area contributed by atoms with Gasteiger partial charge in [0.15, 0.2) is 0 Å². The molecule has 1 aliphatic rings. The molecule has 0 radical (unpaired) electrons. The van der Waals surface area contributed by atoms with Crippen LogP contribution in [-0.4, -0.2) is 6.54 Å². The quantitative estimate of drug-likeness (QED) is 0.712. The van der Waals surface area contributed by atoms with Crippen molar-refractivity contribution in [1.82, 2.24) is 5.32 Å². The van der Waals surface area contributed by atoms with E-state index in [-0.39, 0.29) is 0 Å². The molecule has 0 aliphatic heterocycles. The number of thiophene rings is 1. The van der Waals surface area contributed by atoms with Crippen molar-refractivity contribution in [3.05, 3.63) is 22.4 Å². The summed E-state index contributed by atoms with van der Waals surface area (Å²) in [7, 11) is 0. The monoisotopic (exact) mass is 195 g/mol. The first-order valence-electron chi connectivity index (χ1n) is 5.17. The zero-order valence-corrected chi connectivity index (χ0v) is 8.78. The van der Waals surface area contributed by atoms with Crippen molar-refractivity contribution in [2.75, 3.05) is 6.54 Å². The summed E-state index contributed by atoms with van der Waals surface area (Å²) in [5.74, 6) is 1.04. The molecule has 0 saturated heterocycles. The maximum atomic E-state index is 3.49. The van der Waals surface area contributed by atoms with Gasteiger partial charge in [-0.25, -0.2) is 0 Å². The second-order valence-corrected chi connectivity index (χ2v) is 4.67. The molecule has 72 valence electrons. The molecule has 1 heterocycles. The summed E-state index contributed by atoms with van der Waals surface area (Å²) in [5, 5.41) is 7.85. The highest BCUT2D eigenvalue weighted by atomic mass is 32.1. The second-order valence-electron chi connectivity index (χ2n) is 3.89. The van der Waals surface area contributed by atoms with Gasteiger partial charge in [0.2, 0.25) is 0 Å². The predicted molar refractivity (Wildman–Crippen MR) is 58.0 cm³/mol. The number of nitrogens with one attached hydrogen (secondary N) is 1. The maximum absolute atomic E-state index is 3.49. The van der Waals surface area contributed by atoms with Gasteiger partial charge in [-0.15, -0.1) is 0 Å². The third-order valence-electron chi connectivity index (χ3n) is 2.86. The Bertz CT molecular complexity index is 226. The van der Waals surface area contributed by atoms with Gasteiger partial charge in [-0.3, -0.25) is 0 Å². The Labute approximate surface area is 84.2 Å². The fourth-order valence-electron chi connectivity index (χ4n) is 1.71. The first-order valence-corrected chi connectivity index (χ1v) is 6.11. The molecule has 0 unspecified atom stereocenters. The van der Waals surface area contributed by atoms with Gasteiger partial charge in [0, 0.05) is 6.54 Å². The molecular formula is C11H17NS. The Morgan fingerprint density at radius 2 is 2.38 bits per heavy atom. The summed E-state index contributed by atoms with van der Waals surface area (Å²) < 4.78 is 0. The van der Waals surface area contributed by atoms with Crippen LogP contribution in [-0.2, 0) is 6.54 Å². The van der Waals surface area contributed by atoms with Crippen molar-refractivity contribution in [3.63, 3.8) is 0 Å². The third-order valence-corrected chi connectivity index (χ3v) is 3.60. The van der Waals surface area contributed by atoms with Crippen LogP contribution in [0, 0.1) is 5.92 Å². The summed E-state index contributed by atoms with van der Waals surface area (Å²) in [6.45, 7) is 2.25. The Hall–Kier alpha value is -0.340. The highest BCUT2D eigenvalue weighted by Crippen LogP contribution is 2.28. The molecule has 0 atom stereocenters. The zero-order chi connectivity index (χ0) is 8.93. The van der Waals surface area contributed by atoms with Crippen LogP contribution in [0.15, 0.2) is 16.8 Å². The largest absolute Gasteiger partial charge is 0.313 e. The molecule has 0 aromatic carbocycles. The average Bonchev–Trinajstić information content (AvgIpc) is 2.53. The van der Waals surface area contributed by atoms with E-state index in [1.807, 2.05) is 0 Å². The Balaban J connectivity index is 1.53. The highest BCUT2D eigenvalue weighted by molar-refractivity contribution is 7.07. The zero-order valence-electron chi connectivity index (χ0n) is 7.96. The molecule has 1 saturated carbocycles. The fourth-order valence-corrected chi connectivity index (χ4v) is 2.38. The van der Waals surface area contributed by atoms with Gasteiger partial charge >= 0.3 is 0 Å². The minimum absolute atomic E-state index is 1.04. The lowest BCUT2D eigenvalue weighted by atomic mass is 9.83. The van der Waals surface area contributed by atoms with E-state index in [1.54, 1.807) is 11.3 Å². The second kappa shape index (κ2) is 4.77. The lowest BCUT2D eigenvalue weighted by molar-refractivity contribution is 0.292. The molecule has 0 amide bonds. The normalized spacial score (nSPS) is 17.2. The predicted octanol–water partition coefficient (Wildman–Crippen LogP) is 3.03. The molecule has 0 spiro atoms. The molecule has 2 rings (SSSR count). The third kappa shape index (κ3) is 2.82. The molecule has 1 nitrogen and oxygen atoms in total. The van der Waals surface area contributed by atoms with E-state index in [0.717, 1.165) is 12.5 Å². The van der Waals surface area contributed by atoms with E-state index >= 15 is 0 Å².